The lowest BCUT2D eigenvalue weighted by molar-refractivity contribution is 0.0595. The highest BCUT2D eigenvalue weighted by Gasteiger charge is 2.15. The van der Waals surface area contributed by atoms with Crippen molar-refractivity contribution in [3.05, 3.63) is 35.0 Å². The molecule has 0 saturated carbocycles. The lowest BCUT2D eigenvalue weighted by Crippen LogP contribution is -2.24. The largest absolute Gasteiger partial charge is 0.383 e. The first-order valence-corrected chi connectivity index (χ1v) is 7.49. The van der Waals surface area contributed by atoms with Crippen LogP contribution in [0.5, 0.6) is 0 Å². The van der Waals surface area contributed by atoms with Crippen molar-refractivity contribution in [1.82, 2.24) is 4.98 Å². The molecule has 0 aliphatic carbocycles. The SMILES string of the molecule is Cc1cc(Cl)c(NCC2CCCOC2)c2cccnc12. The van der Waals surface area contributed by atoms with Crippen LogP contribution >= 0.6 is 11.6 Å². The number of aryl methyl sites for hydroxylation is 1. The Morgan fingerprint density at radius 1 is 1.50 bits per heavy atom. The number of anilines is 1. The Morgan fingerprint density at radius 2 is 2.40 bits per heavy atom. The average molecular weight is 291 g/mol. The van der Waals surface area contributed by atoms with Gasteiger partial charge in [-0.2, -0.15) is 0 Å². The first kappa shape index (κ1) is 13.7. The van der Waals surface area contributed by atoms with Crippen molar-refractivity contribution in [2.75, 3.05) is 25.1 Å². The normalized spacial score (nSPS) is 19.2. The van der Waals surface area contributed by atoms with E-state index in [1.54, 1.807) is 0 Å². The van der Waals surface area contributed by atoms with Gasteiger partial charge < -0.3 is 10.1 Å². The van der Waals surface area contributed by atoms with Crippen molar-refractivity contribution in [2.24, 2.45) is 5.92 Å². The summed E-state index contributed by atoms with van der Waals surface area (Å²) in [6.07, 6.45) is 4.19. The fraction of sp³-hybridized carbons (Fsp3) is 0.438. The van der Waals surface area contributed by atoms with Crippen LogP contribution in [0.1, 0.15) is 18.4 Å². The zero-order chi connectivity index (χ0) is 13.9. The van der Waals surface area contributed by atoms with Crippen LogP contribution in [0.25, 0.3) is 10.9 Å². The number of rotatable bonds is 3. The van der Waals surface area contributed by atoms with E-state index in [2.05, 4.69) is 16.4 Å². The maximum atomic E-state index is 6.40. The average Bonchev–Trinajstić information content (AvgIpc) is 2.48. The first-order valence-electron chi connectivity index (χ1n) is 7.11. The molecule has 0 amide bonds. The maximum absolute atomic E-state index is 6.40. The standard InChI is InChI=1S/C16H19ClN2O/c1-11-8-14(17)16(13-5-2-6-18-15(11)13)19-9-12-4-3-7-20-10-12/h2,5-6,8,12,19H,3-4,7,9-10H2,1H3. The number of pyridine rings is 1. The summed E-state index contributed by atoms with van der Waals surface area (Å²) < 4.78 is 5.52. The molecule has 1 aromatic carbocycles. The van der Waals surface area contributed by atoms with Gasteiger partial charge in [-0.3, -0.25) is 4.98 Å². The summed E-state index contributed by atoms with van der Waals surface area (Å²) in [4.78, 5) is 4.45. The van der Waals surface area contributed by atoms with E-state index >= 15 is 0 Å². The highest BCUT2D eigenvalue weighted by molar-refractivity contribution is 6.35. The lowest BCUT2D eigenvalue weighted by atomic mass is 10.0. The molecule has 1 atom stereocenters. The zero-order valence-electron chi connectivity index (χ0n) is 11.7. The monoisotopic (exact) mass is 290 g/mol. The summed E-state index contributed by atoms with van der Waals surface area (Å²) in [5.74, 6) is 0.563. The van der Waals surface area contributed by atoms with Crippen molar-refractivity contribution in [3.8, 4) is 0 Å². The number of nitrogens with one attached hydrogen (secondary N) is 1. The van der Waals surface area contributed by atoms with E-state index in [-0.39, 0.29) is 0 Å². The second-order valence-corrected chi connectivity index (χ2v) is 5.82. The molecular weight excluding hydrogens is 272 g/mol. The number of fused-ring (bicyclic) bond motifs is 1. The van der Waals surface area contributed by atoms with Crippen LogP contribution in [-0.2, 0) is 4.74 Å². The van der Waals surface area contributed by atoms with Crippen LogP contribution in [-0.4, -0.2) is 24.7 Å². The van der Waals surface area contributed by atoms with E-state index < -0.39 is 0 Å². The van der Waals surface area contributed by atoms with E-state index in [1.807, 2.05) is 25.3 Å². The Kier molecular flexibility index (Phi) is 4.08. The second-order valence-electron chi connectivity index (χ2n) is 5.41. The number of aromatic nitrogens is 1. The van der Waals surface area contributed by atoms with Crippen LogP contribution in [0.3, 0.4) is 0 Å². The van der Waals surface area contributed by atoms with Crippen LogP contribution in [0.4, 0.5) is 5.69 Å². The molecule has 1 N–H and O–H groups in total. The third-order valence-electron chi connectivity index (χ3n) is 3.85. The van der Waals surface area contributed by atoms with Gasteiger partial charge in [0.2, 0.25) is 0 Å². The number of hydrogen-bond acceptors (Lipinski definition) is 3. The predicted molar refractivity (Wildman–Crippen MR) is 83.5 cm³/mol. The molecule has 0 radical (unpaired) electrons. The highest BCUT2D eigenvalue weighted by Crippen LogP contribution is 2.33. The molecule has 20 heavy (non-hydrogen) atoms. The van der Waals surface area contributed by atoms with Gasteiger partial charge in [-0.05, 0) is 49.4 Å². The van der Waals surface area contributed by atoms with Crippen molar-refractivity contribution in [2.45, 2.75) is 19.8 Å². The number of nitrogens with zero attached hydrogens (tertiary/aromatic N) is 1. The summed E-state index contributed by atoms with van der Waals surface area (Å²) in [5.41, 5.74) is 3.11. The summed E-state index contributed by atoms with van der Waals surface area (Å²) in [6.45, 7) is 4.67. The smallest absolute Gasteiger partial charge is 0.0752 e. The molecule has 3 nitrogen and oxygen atoms in total. The van der Waals surface area contributed by atoms with Gasteiger partial charge in [0.25, 0.3) is 0 Å². The summed E-state index contributed by atoms with van der Waals surface area (Å²) in [5, 5.41) is 5.36. The topological polar surface area (TPSA) is 34.1 Å². The van der Waals surface area contributed by atoms with Gasteiger partial charge in [-0.15, -0.1) is 0 Å². The Balaban J connectivity index is 1.86. The van der Waals surface area contributed by atoms with E-state index in [9.17, 15) is 0 Å². The molecule has 106 valence electrons. The molecule has 2 heterocycles. The number of hydrogen-bond donors (Lipinski definition) is 1. The van der Waals surface area contributed by atoms with Gasteiger partial charge in [0.15, 0.2) is 0 Å². The molecule has 1 unspecified atom stereocenters. The van der Waals surface area contributed by atoms with Crippen LogP contribution in [0.2, 0.25) is 5.02 Å². The molecule has 0 spiro atoms. The molecule has 1 aliphatic heterocycles. The minimum Gasteiger partial charge on any atom is -0.383 e. The lowest BCUT2D eigenvalue weighted by Gasteiger charge is -2.23. The third-order valence-corrected chi connectivity index (χ3v) is 4.15. The Hall–Kier alpha value is -1.32. The number of halogens is 1. The van der Waals surface area contributed by atoms with Gasteiger partial charge in [0.05, 0.1) is 22.8 Å². The van der Waals surface area contributed by atoms with E-state index in [4.69, 9.17) is 16.3 Å². The van der Waals surface area contributed by atoms with Crippen molar-refractivity contribution in [3.63, 3.8) is 0 Å². The molecule has 0 bridgehead atoms. The summed E-state index contributed by atoms with van der Waals surface area (Å²) >= 11 is 6.40. The molecule has 1 fully saturated rings. The van der Waals surface area contributed by atoms with Gasteiger partial charge in [0, 0.05) is 24.7 Å². The molecule has 1 aromatic heterocycles. The second kappa shape index (κ2) is 5.98. The van der Waals surface area contributed by atoms with Crippen LogP contribution in [0, 0.1) is 12.8 Å². The Bertz CT molecular complexity index is 609. The number of ether oxygens (including phenoxy) is 1. The fourth-order valence-corrected chi connectivity index (χ4v) is 3.11. The van der Waals surface area contributed by atoms with Gasteiger partial charge in [-0.1, -0.05) is 11.6 Å². The molecule has 2 aromatic rings. The first-order chi connectivity index (χ1) is 9.75. The summed E-state index contributed by atoms with van der Waals surface area (Å²) in [6, 6.07) is 6.00. The predicted octanol–water partition coefficient (Wildman–Crippen LogP) is 4.04. The molecule has 3 rings (SSSR count). The van der Waals surface area contributed by atoms with Gasteiger partial charge >= 0.3 is 0 Å². The van der Waals surface area contributed by atoms with E-state index in [1.165, 1.54) is 6.42 Å². The van der Waals surface area contributed by atoms with Crippen molar-refractivity contribution < 1.29 is 4.74 Å². The van der Waals surface area contributed by atoms with E-state index in [0.29, 0.717) is 5.92 Å². The zero-order valence-corrected chi connectivity index (χ0v) is 12.4. The molecule has 1 saturated heterocycles. The Morgan fingerprint density at radius 3 is 3.20 bits per heavy atom. The Labute approximate surface area is 124 Å². The van der Waals surface area contributed by atoms with Gasteiger partial charge in [-0.25, -0.2) is 0 Å². The third kappa shape index (κ3) is 2.74. The van der Waals surface area contributed by atoms with E-state index in [0.717, 1.165) is 53.4 Å². The van der Waals surface area contributed by atoms with Gasteiger partial charge in [0.1, 0.15) is 0 Å². The molecular formula is C16H19ClN2O. The minimum absolute atomic E-state index is 0.563. The van der Waals surface area contributed by atoms with Crippen molar-refractivity contribution >= 4 is 28.2 Å². The summed E-state index contributed by atoms with van der Waals surface area (Å²) in [7, 11) is 0. The highest BCUT2D eigenvalue weighted by atomic mass is 35.5. The van der Waals surface area contributed by atoms with Crippen LogP contribution < -0.4 is 5.32 Å². The van der Waals surface area contributed by atoms with Crippen LogP contribution in [0.15, 0.2) is 24.4 Å². The quantitative estimate of drug-likeness (QED) is 0.926. The maximum Gasteiger partial charge on any atom is 0.0752 e. The van der Waals surface area contributed by atoms with Crippen molar-refractivity contribution in [1.29, 1.82) is 0 Å². The minimum atomic E-state index is 0.563. The number of benzene rings is 1. The fourth-order valence-electron chi connectivity index (χ4n) is 2.77. The molecule has 4 heteroatoms. The molecule has 1 aliphatic rings.